The zero-order chi connectivity index (χ0) is 37.9. The molecule has 2 fully saturated rings. The molecule has 0 spiro atoms. The first kappa shape index (κ1) is 42.6. The Morgan fingerprint density at radius 1 is 1.22 bits per heavy atom. The topological polar surface area (TPSA) is 179 Å². The standard InChI is InChI=1S/C38H62N2O11/c1-8-29(42)27(4)35-30(49-35)24-37(5,47)16-9-11-25(2)34-26(3)13-14-31(38(6,48-7)17-15-28(41)23-33(45)51-34)50-36(46)40-21-19-39(20-22-40)18-10-12-32(43)44/h9,11,13-14,16,26-31,34-35,41-42,47H,8,10,12,15,17-24H2,1-7H3,(H,43,44)/b14-13+,16-9+,25-11+/t26-,27+,28+,29-,30?,31-,34+,35+,37-,38+/m0/s1. The van der Waals surface area contributed by atoms with Gasteiger partial charge in [-0.2, -0.15) is 0 Å². The highest BCUT2D eigenvalue weighted by Crippen LogP contribution is 2.37. The van der Waals surface area contributed by atoms with Crippen LogP contribution < -0.4 is 0 Å². The molecule has 0 radical (unpaired) electrons. The van der Waals surface area contributed by atoms with Gasteiger partial charge in [0, 0.05) is 58.0 Å². The molecule has 0 saturated carbocycles. The van der Waals surface area contributed by atoms with Crippen LogP contribution in [0.4, 0.5) is 4.79 Å². The number of hydrogen-bond donors (Lipinski definition) is 4. The van der Waals surface area contributed by atoms with E-state index >= 15 is 0 Å². The number of epoxide rings is 1. The van der Waals surface area contributed by atoms with Crippen LogP contribution in [0.25, 0.3) is 0 Å². The van der Waals surface area contributed by atoms with Gasteiger partial charge in [-0.1, -0.05) is 45.1 Å². The van der Waals surface area contributed by atoms with Gasteiger partial charge in [0.05, 0.1) is 36.4 Å². The van der Waals surface area contributed by atoms with Crippen LogP contribution in [0.15, 0.2) is 36.0 Å². The van der Waals surface area contributed by atoms with Gasteiger partial charge >= 0.3 is 18.0 Å². The van der Waals surface area contributed by atoms with Crippen molar-refractivity contribution in [1.29, 1.82) is 0 Å². The number of allylic oxidation sites excluding steroid dienone is 2. The van der Waals surface area contributed by atoms with Gasteiger partial charge < -0.3 is 44.3 Å². The molecule has 4 N–H and O–H groups in total. The number of ether oxygens (including phenoxy) is 4. The quantitative estimate of drug-likeness (QED) is 0.0883. The summed E-state index contributed by atoms with van der Waals surface area (Å²) in [6, 6.07) is 0. The smallest absolute Gasteiger partial charge is 0.410 e. The zero-order valence-corrected chi connectivity index (χ0v) is 31.5. The van der Waals surface area contributed by atoms with Crippen LogP contribution in [0.3, 0.4) is 0 Å². The van der Waals surface area contributed by atoms with Gasteiger partial charge in [0.2, 0.25) is 0 Å². The molecule has 51 heavy (non-hydrogen) atoms. The van der Waals surface area contributed by atoms with Crippen molar-refractivity contribution in [1.82, 2.24) is 9.80 Å². The Kier molecular flexibility index (Phi) is 16.1. The summed E-state index contributed by atoms with van der Waals surface area (Å²) in [5.41, 5.74) is -1.45. The number of aliphatic hydroxyl groups is 3. The summed E-state index contributed by atoms with van der Waals surface area (Å²) in [5, 5.41) is 40.9. The summed E-state index contributed by atoms with van der Waals surface area (Å²) in [7, 11) is 1.53. The molecule has 290 valence electrons. The number of amides is 1. The van der Waals surface area contributed by atoms with E-state index in [4.69, 9.17) is 24.1 Å². The summed E-state index contributed by atoms with van der Waals surface area (Å²) in [5.74, 6) is -1.74. The number of cyclic esters (lactones) is 1. The van der Waals surface area contributed by atoms with Gasteiger partial charge in [0.15, 0.2) is 6.10 Å². The Morgan fingerprint density at radius 3 is 2.53 bits per heavy atom. The van der Waals surface area contributed by atoms with Crippen LogP contribution in [0.5, 0.6) is 0 Å². The van der Waals surface area contributed by atoms with E-state index in [-0.39, 0.29) is 43.3 Å². The van der Waals surface area contributed by atoms with Crippen molar-refractivity contribution < 1.29 is 53.8 Å². The molecular weight excluding hydrogens is 660 g/mol. The van der Waals surface area contributed by atoms with Gasteiger partial charge in [0.25, 0.3) is 0 Å². The maximum atomic E-state index is 13.4. The van der Waals surface area contributed by atoms with Gasteiger partial charge in [-0.3, -0.25) is 14.5 Å². The second kappa shape index (κ2) is 19.3. The molecule has 0 bridgehead atoms. The largest absolute Gasteiger partial charge is 0.481 e. The van der Waals surface area contributed by atoms with Crippen molar-refractivity contribution in [3.05, 3.63) is 36.0 Å². The number of aliphatic carboxylic acids is 1. The molecule has 0 aromatic heterocycles. The third-order valence-corrected chi connectivity index (χ3v) is 10.5. The number of carbonyl (C=O) groups is 3. The highest BCUT2D eigenvalue weighted by molar-refractivity contribution is 5.70. The first-order valence-electron chi connectivity index (χ1n) is 18.4. The first-order valence-corrected chi connectivity index (χ1v) is 18.4. The Morgan fingerprint density at radius 2 is 1.90 bits per heavy atom. The minimum absolute atomic E-state index is 0.0190. The molecule has 2 saturated heterocycles. The monoisotopic (exact) mass is 722 g/mol. The van der Waals surface area contributed by atoms with Crippen molar-refractivity contribution in [2.45, 2.75) is 134 Å². The third-order valence-electron chi connectivity index (χ3n) is 10.5. The normalized spacial score (nSPS) is 32.9. The lowest BCUT2D eigenvalue weighted by Gasteiger charge is -2.38. The molecule has 1 unspecified atom stereocenters. The van der Waals surface area contributed by atoms with Crippen LogP contribution >= 0.6 is 0 Å². The Bertz CT molecular complexity index is 1240. The van der Waals surface area contributed by atoms with E-state index in [9.17, 15) is 29.7 Å². The molecule has 1 amide bonds. The van der Waals surface area contributed by atoms with E-state index in [2.05, 4.69) is 4.90 Å². The Hall–Kier alpha value is -2.81. The Balaban J connectivity index is 1.73. The number of carboxylic acid groups (broad SMARTS) is 1. The predicted octanol–water partition coefficient (Wildman–Crippen LogP) is 3.85. The number of hydrogen-bond acceptors (Lipinski definition) is 11. The lowest BCUT2D eigenvalue weighted by molar-refractivity contribution is -0.151. The molecule has 0 aromatic carbocycles. The average Bonchev–Trinajstić information content (AvgIpc) is 3.84. The van der Waals surface area contributed by atoms with Crippen LogP contribution in [-0.2, 0) is 28.5 Å². The number of methoxy groups -OCH3 is 1. The maximum Gasteiger partial charge on any atom is 0.410 e. The highest BCUT2D eigenvalue weighted by Gasteiger charge is 2.47. The van der Waals surface area contributed by atoms with E-state index in [1.165, 1.54) is 7.11 Å². The maximum absolute atomic E-state index is 13.4. The van der Waals surface area contributed by atoms with E-state index in [1.54, 1.807) is 36.1 Å². The van der Waals surface area contributed by atoms with Crippen LogP contribution in [0.1, 0.15) is 86.5 Å². The van der Waals surface area contributed by atoms with Gasteiger partial charge in [-0.15, -0.1) is 0 Å². The molecule has 3 heterocycles. The molecule has 3 aliphatic rings. The van der Waals surface area contributed by atoms with Crippen LogP contribution in [0, 0.1) is 11.8 Å². The van der Waals surface area contributed by atoms with Gasteiger partial charge in [-0.25, -0.2) is 4.79 Å². The van der Waals surface area contributed by atoms with Crippen molar-refractivity contribution >= 4 is 18.0 Å². The van der Waals surface area contributed by atoms with Gasteiger partial charge in [0.1, 0.15) is 11.7 Å². The second-order valence-electron chi connectivity index (χ2n) is 15.0. The third kappa shape index (κ3) is 13.3. The minimum atomic E-state index is -1.17. The molecule has 0 aliphatic carbocycles. The molecule has 13 nitrogen and oxygen atoms in total. The van der Waals surface area contributed by atoms with E-state index in [1.807, 2.05) is 40.7 Å². The van der Waals surface area contributed by atoms with Crippen molar-refractivity contribution in [3.8, 4) is 0 Å². The van der Waals surface area contributed by atoms with Crippen molar-refractivity contribution in [3.63, 3.8) is 0 Å². The van der Waals surface area contributed by atoms with Gasteiger partial charge in [-0.05, 0) is 64.6 Å². The number of carboxylic acids is 1. The molecule has 13 heteroatoms. The zero-order valence-electron chi connectivity index (χ0n) is 31.5. The van der Waals surface area contributed by atoms with Crippen molar-refractivity contribution in [2.75, 3.05) is 39.8 Å². The second-order valence-corrected chi connectivity index (χ2v) is 15.0. The minimum Gasteiger partial charge on any atom is -0.481 e. The first-order chi connectivity index (χ1) is 24.0. The number of carbonyl (C=O) groups excluding carboxylic acids is 2. The van der Waals surface area contributed by atoms with Crippen LogP contribution in [0.2, 0.25) is 0 Å². The average molecular weight is 723 g/mol. The molecule has 3 aliphatic heterocycles. The molecule has 10 atom stereocenters. The summed E-state index contributed by atoms with van der Waals surface area (Å²) in [6.07, 6.45) is 7.08. The fourth-order valence-corrected chi connectivity index (χ4v) is 6.80. The summed E-state index contributed by atoms with van der Waals surface area (Å²) in [6.45, 7) is 13.9. The summed E-state index contributed by atoms with van der Waals surface area (Å²) < 4.78 is 23.6. The molecular formula is C38H62N2O11. The number of esters is 1. The van der Waals surface area contributed by atoms with Crippen LogP contribution in [-0.4, -0.2) is 136 Å². The lowest BCUT2D eigenvalue weighted by atomic mass is 9.88. The number of aliphatic hydroxyl groups excluding tert-OH is 2. The number of nitrogens with zero attached hydrogens (tertiary/aromatic N) is 2. The fraction of sp³-hybridized carbons (Fsp3) is 0.763. The molecule has 0 aromatic rings. The SMILES string of the molecule is CC[C@H](O)[C@@H](C)[C@H]1OC1C[C@@](C)(O)/C=C/C=C(\C)[C@H]1OC(=O)C[C@H](O)CC[C@@](C)(OC)[C@@H](OC(=O)N2CCN(CCCC(=O)O)CC2)/C=C/[C@@H]1C. The fourth-order valence-electron chi connectivity index (χ4n) is 6.80. The predicted molar refractivity (Wildman–Crippen MR) is 191 cm³/mol. The number of piperazine rings is 1. The van der Waals surface area contributed by atoms with Crippen molar-refractivity contribution in [2.24, 2.45) is 11.8 Å². The number of rotatable bonds is 14. The Labute approximate surface area is 303 Å². The molecule has 3 rings (SSSR count). The summed E-state index contributed by atoms with van der Waals surface area (Å²) >= 11 is 0. The lowest BCUT2D eigenvalue weighted by Crippen LogP contribution is -2.51. The highest BCUT2D eigenvalue weighted by atomic mass is 16.6. The van der Waals surface area contributed by atoms with E-state index in [0.717, 1.165) is 0 Å². The van der Waals surface area contributed by atoms with E-state index < -0.39 is 53.6 Å². The summed E-state index contributed by atoms with van der Waals surface area (Å²) in [4.78, 5) is 41.0. The van der Waals surface area contributed by atoms with E-state index in [0.29, 0.717) is 64.0 Å².